The molecule has 0 saturated heterocycles. The summed E-state index contributed by atoms with van der Waals surface area (Å²) >= 11 is 0. The smallest absolute Gasteiger partial charge is 0.329 e. The normalized spacial score (nSPS) is 10.5. The molecule has 0 bridgehead atoms. The van der Waals surface area contributed by atoms with E-state index in [9.17, 15) is 14.4 Å². The number of benzene rings is 4. The van der Waals surface area contributed by atoms with Gasteiger partial charge in [0.15, 0.2) is 0 Å². The van der Waals surface area contributed by atoms with Gasteiger partial charge in [-0.05, 0) is 78.7 Å². The molecule has 4 aromatic carbocycles. The lowest BCUT2D eigenvalue weighted by Gasteiger charge is -2.11. The van der Waals surface area contributed by atoms with E-state index < -0.39 is 17.7 Å². The monoisotopic (exact) mass is 536 g/mol. The van der Waals surface area contributed by atoms with Crippen molar-refractivity contribution in [3.63, 3.8) is 0 Å². The Kier molecular flexibility index (Phi) is 9.60. The molecule has 0 atom stereocenters. The molecule has 202 valence electrons. The molecule has 4 rings (SSSR count). The number of carbonyl (C=O) groups is 3. The van der Waals surface area contributed by atoms with E-state index in [1.54, 1.807) is 66.7 Å². The number of carbonyl (C=O) groups excluding carboxylic acids is 3. The van der Waals surface area contributed by atoms with Crippen molar-refractivity contribution in [2.45, 2.75) is 13.5 Å². The molecule has 0 aliphatic rings. The van der Waals surface area contributed by atoms with Crippen LogP contribution in [0.15, 0.2) is 108 Å². The molecule has 0 aromatic heterocycles. The molecule has 4 aromatic rings. The number of hydrogen-bond acceptors (Lipinski definition) is 6. The van der Waals surface area contributed by atoms with Gasteiger partial charge in [-0.2, -0.15) is 5.10 Å². The van der Waals surface area contributed by atoms with Gasteiger partial charge in [0, 0.05) is 5.69 Å². The Bertz CT molecular complexity index is 1470. The Labute approximate surface area is 231 Å². The number of ether oxygens (including phenoxy) is 2. The van der Waals surface area contributed by atoms with Gasteiger partial charge in [0.05, 0.1) is 24.1 Å². The summed E-state index contributed by atoms with van der Waals surface area (Å²) in [6, 6.07) is 30.2. The van der Waals surface area contributed by atoms with Crippen molar-refractivity contribution in [2.24, 2.45) is 5.10 Å². The van der Waals surface area contributed by atoms with Crippen LogP contribution < -0.4 is 25.5 Å². The zero-order valence-electron chi connectivity index (χ0n) is 21.8. The summed E-state index contributed by atoms with van der Waals surface area (Å²) in [5, 5.41) is 9.07. The van der Waals surface area contributed by atoms with Gasteiger partial charge < -0.3 is 20.1 Å². The van der Waals surface area contributed by atoms with Crippen molar-refractivity contribution in [3.05, 3.63) is 120 Å². The van der Waals surface area contributed by atoms with Crippen LogP contribution in [0.25, 0.3) is 0 Å². The predicted molar refractivity (Wildman–Crippen MR) is 154 cm³/mol. The molecule has 9 heteroatoms. The Hall–Kier alpha value is -5.44. The summed E-state index contributed by atoms with van der Waals surface area (Å²) in [6.07, 6.45) is 1.41. The summed E-state index contributed by atoms with van der Waals surface area (Å²) in [5.41, 5.74) is 4.87. The van der Waals surface area contributed by atoms with E-state index in [-0.39, 0.29) is 11.3 Å². The first-order valence-electron chi connectivity index (χ1n) is 12.6. The van der Waals surface area contributed by atoms with E-state index >= 15 is 0 Å². The lowest BCUT2D eigenvalue weighted by atomic mass is 10.1. The number of nitrogens with one attached hydrogen (secondary N) is 3. The third kappa shape index (κ3) is 8.03. The second kappa shape index (κ2) is 13.9. The second-order valence-electron chi connectivity index (χ2n) is 8.45. The van der Waals surface area contributed by atoms with E-state index in [4.69, 9.17) is 9.47 Å². The summed E-state index contributed by atoms with van der Waals surface area (Å²) in [6.45, 7) is 2.87. The van der Waals surface area contributed by atoms with Gasteiger partial charge in [-0.25, -0.2) is 5.43 Å². The maximum atomic E-state index is 12.8. The van der Waals surface area contributed by atoms with Crippen molar-refractivity contribution < 1.29 is 23.9 Å². The third-order valence-electron chi connectivity index (χ3n) is 5.56. The molecule has 0 radical (unpaired) electrons. The van der Waals surface area contributed by atoms with Gasteiger partial charge in [-0.15, -0.1) is 0 Å². The maximum Gasteiger partial charge on any atom is 0.329 e. The highest BCUT2D eigenvalue weighted by Crippen LogP contribution is 2.20. The van der Waals surface area contributed by atoms with Gasteiger partial charge in [0.25, 0.3) is 5.91 Å². The highest BCUT2D eigenvalue weighted by Gasteiger charge is 2.18. The number of anilines is 2. The van der Waals surface area contributed by atoms with Crippen molar-refractivity contribution in [3.8, 4) is 11.5 Å². The molecule has 3 N–H and O–H groups in total. The number of rotatable bonds is 10. The van der Waals surface area contributed by atoms with Crippen molar-refractivity contribution in [1.82, 2.24) is 5.43 Å². The van der Waals surface area contributed by atoms with Crippen LogP contribution in [-0.2, 0) is 16.2 Å². The van der Waals surface area contributed by atoms with Crippen LogP contribution in [0.3, 0.4) is 0 Å². The predicted octanol–water partition coefficient (Wildman–Crippen LogP) is 5.01. The molecule has 0 fully saturated rings. The van der Waals surface area contributed by atoms with Crippen molar-refractivity contribution >= 4 is 35.3 Å². The first-order chi connectivity index (χ1) is 19.5. The van der Waals surface area contributed by atoms with E-state index in [1.165, 1.54) is 12.3 Å². The summed E-state index contributed by atoms with van der Waals surface area (Å²) in [4.78, 5) is 37.6. The van der Waals surface area contributed by atoms with E-state index in [0.717, 1.165) is 5.56 Å². The maximum absolute atomic E-state index is 12.8. The van der Waals surface area contributed by atoms with Crippen molar-refractivity contribution in [2.75, 3.05) is 17.2 Å². The SMILES string of the molecule is CCOc1ccc(NC(=O)c2ccccc2NC(=O)C(=O)N/N=C/c2ccc(OCc3ccccc3)cc2)cc1. The summed E-state index contributed by atoms with van der Waals surface area (Å²) in [7, 11) is 0. The molecule has 9 nitrogen and oxygen atoms in total. The summed E-state index contributed by atoms with van der Waals surface area (Å²) in [5.74, 6) is -1.03. The molecule has 0 saturated carbocycles. The van der Waals surface area contributed by atoms with E-state index in [0.29, 0.717) is 36.0 Å². The molecule has 3 amide bonds. The molecular weight excluding hydrogens is 508 g/mol. The van der Waals surface area contributed by atoms with Gasteiger partial charge >= 0.3 is 11.8 Å². The number of nitrogens with zero attached hydrogens (tertiary/aromatic N) is 1. The molecule has 0 spiro atoms. The van der Waals surface area contributed by atoms with Crippen LogP contribution in [0.4, 0.5) is 11.4 Å². The average Bonchev–Trinajstić information content (AvgIpc) is 2.98. The zero-order valence-corrected chi connectivity index (χ0v) is 21.8. The van der Waals surface area contributed by atoms with Crippen LogP contribution in [0.1, 0.15) is 28.4 Å². The molecule has 0 aliphatic carbocycles. The number of amides is 3. The number of para-hydroxylation sites is 1. The molecule has 40 heavy (non-hydrogen) atoms. The average molecular weight is 537 g/mol. The van der Waals surface area contributed by atoms with Gasteiger partial charge in [-0.1, -0.05) is 42.5 Å². The largest absolute Gasteiger partial charge is 0.494 e. The number of hydrazone groups is 1. The molecule has 0 heterocycles. The fraction of sp³-hybridized carbons (Fsp3) is 0.0968. The fourth-order valence-corrected chi connectivity index (χ4v) is 3.58. The van der Waals surface area contributed by atoms with Gasteiger partial charge in [-0.3, -0.25) is 14.4 Å². The minimum absolute atomic E-state index is 0.182. The van der Waals surface area contributed by atoms with Crippen molar-refractivity contribution in [1.29, 1.82) is 0 Å². The van der Waals surface area contributed by atoms with Crippen LogP contribution in [0, 0.1) is 0 Å². The van der Waals surface area contributed by atoms with Crippen LogP contribution in [0.2, 0.25) is 0 Å². The Balaban J connectivity index is 1.28. The second-order valence-corrected chi connectivity index (χ2v) is 8.45. The minimum Gasteiger partial charge on any atom is -0.494 e. The first kappa shape index (κ1) is 27.6. The lowest BCUT2D eigenvalue weighted by Crippen LogP contribution is -2.33. The highest BCUT2D eigenvalue weighted by molar-refractivity contribution is 6.40. The minimum atomic E-state index is -0.985. The zero-order chi connectivity index (χ0) is 28.2. The Morgan fingerprint density at radius 3 is 2.10 bits per heavy atom. The van der Waals surface area contributed by atoms with Gasteiger partial charge in [0.2, 0.25) is 0 Å². The first-order valence-corrected chi connectivity index (χ1v) is 12.6. The van der Waals surface area contributed by atoms with E-state index in [2.05, 4.69) is 21.2 Å². The highest BCUT2D eigenvalue weighted by atomic mass is 16.5. The molecular formula is C31H28N4O5. The molecule has 0 aliphatic heterocycles. The lowest BCUT2D eigenvalue weighted by molar-refractivity contribution is -0.136. The quantitative estimate of drug-likeness (QED) is 0.150. The van der Waals surface area contributed by atoms with Crippen LogP contribution >= 0.6 is 0 Å². The van der Waals surface area contributed by atoms with Crippen LogP contribution in [0.5, 0.6) is 11.5 Å². The standard InChI is InChI=1S/C31H28N4O5/c1-2-39-25-18-14-24(15-19-25)33-29(36)27-10-6-7-11-28(27)34-30(37)31(38)35-32-20-22-12-16-26(17-13-22)40-21-23-8-4-3-5-9-23/h3-20H,2,21H2,1H3,(H,33,36)(H,34,37)(H,35,38)/b32-20+. The third-order valence-corrected chi connectivity index (χ3v) is 5.56. The summed E-state index contributed by atoms with van der Waals surface area (Å²) < 4.78 is 11.2. The molecule has 0 unspecified atom stereocenters. The fourth-order valence-electron chi connectivity index (χ4n) is 3.58. The van der Waals surface area contributed by atoms with Crippen LogP contribution in [-0.4, -0.2) is 30.5 Å². The van der Waals surface area contributed by atoms with E-state index in [1.807, 2.05) is 37.3 Å². The number of hydrogen-bond donors (Lipinski definition) is 3. The topological polar surface area (TPSA) is 118 Å². The van der Waals surface area contributed by atoms with Gasteiger partial charge in [0.1, 0.15) is 18.1 Å². The Morgan fingerprint density at radius 2 is 1.38 bits per heavy atom. The Morgan fingerprint density at radius 1 is 0.725 bits per heavy atom.